The molecule has 2 fully saturated rings. The van der Waals surface area contributed by atoms with Crippen LogP contribution in [0, 0.1) is 11.6 Å². The van der Waals surface area contributed by atoms with E-state index >= 15 is 0 Å². The number of hydrogen-bond donors (Lipinski definition) is 2. The first-order chi connectivity index (χ1) is 19.2. The number of aromatic nitrogens is 2. The monoisotopic (exact) mass is 584 g/mol. The first-order valence-corrected chi connectivity index (χ1v) is 14.7. The average molecular weight is 585 g/mol. The lowest BCUT2D eigenvalue weighted by Gasteiger charge is -2.32. The van der Waals surface area contributed by atoms with Gasteiger partial charge in [0, 0.05) is 39.0 Å². The molecule has 1 aliphatic heterocycles. The van der Waals surface area contributed by atoms with Crippen molar-refractivity contribution in [2.24, 2.45) is 5.41 Å². The Morgan fingerprint density at radius 3 is 2.83 bits per heavy atom. The third kappa shape index (κ3) is 6.15. The number of piperazine rings is 1. The number of ether oxygens (including phenoxy) is 1. The van der Waals surface area contributed by atoms with Crippen LogP contribution in [0.2, 0.25) is 5.02 Å². The summed E-state index contributed by atoms with van der Waals surface area (Å²) in [6, 6.07) is 11.9. The Morgan fingerprint density at radius 1 is 1.32 bits per heavy atom. The quantitative estimate of drug-likeness (QED) is 0.357. The number of anilines is 1. The molecule has 3 N–H and O–H groups in total. The van der Waals surface area contributed by atoms with Crippen LogP contribution >= 0.6 is 11.6 Å². The highest BCUT2D eigenvalue weighted by Gasteiger charge is 2.40. The molecular formula is C28H31ClN5O5S+. The van der Waals surface area contributed by atoms with E-state index in [2.05, 4.69) is 28.9 Å². The number of nitrogens with one attached hydrogen (secondary N) is 1. The van der Waals surface area contributed by atoms with E-state index in [1.54, 1.807) is 36.4 Å². The molecule has 0 bridgehead atoms. The summed E-state index contributed by atoms with van der Waals surface area (Å²) in [5.74, 6) is -0.314. The minimum absolute atomic E-state index is 0.0431. The van der Waals surface area contributed by atoms with Crippen LogP contribution < -0.4 is 30.9 Å². The summed E-state index contributed by atoms with van der Waals surface area (Å²) in [6.07, 6.45) is 5.12. The Bertz CT molecular complexity index is 1510. The first kappa shape index (κ1) is 28.1. The van der Waals surface area contributed by atoms with Gasteiger partial charge in [0.2, 0.25) is 11.4 Å². The molecule has 1 aromatic heterocycles. The highest BCUT2D eigenvalue weighted by molar-refractivity contribution is 7.78. The maximum Gasteiger partial charge on any atom is 0.380 e. The standard InChI is InChI=1S/C28H30ClN5O5S/c1-28(8-9-28)17-39-25-24(14-32-34(27(25)36)21-5-3-4-20(29)13-21)33-11-10-31-23(15-33)22-7-6-18(26(35)30-2)12-19(22)16-40(37)38/h3-7,12-13,23,31H,8-11,15-17H2,1-2H3,(H-,30,35,37,38)/p+1. The second kappa shape index (κ2) is 11.6. The molecule has 2 heterocycles. The molecule has 2 atom stereocenters. The summed E-state index contributed by atoms with van der Waals surface area (Å²) in [5.41, 5.74) is 2.40. The number of quaternary nitrogens is 1. The lowest BCUT2D eigenvalue weighted by molar-refractivity contribution is -0.697. The van der Waals surface area contributed by atoms with E-state index in [1.807, 2.05) is 11.0 Å². The third-order valence-electron chi connectivity index (χ3n) is 7.47. The maximum absolute atomic E-state index is 13.7. The van der Waals surface area contributed by atoms with Gasteiger partial charge in [-0.3, -0.25) is 13.8 Å². The van der Waals surface area contributed by atoms with E-state index in [4.69, 9.17) is 16.3 Å². The summed E-state index contributed by atoms with van der Waals surface area (Å²) in [5, 5.41) is 9.53. The summed E-state index contributed by atoms with van der Waals surface area (Å²) >= 11 is 3.83. The molecule has 210 valence electrons. The van der Waals surface area contributed by atoms with Gasteiger partial charge in [-0.2, -0.15) is 0 Å². The van der Waals surface area contributed by atoms with Crippen LogP contribution in [0.4, 0.5) is 5.69 Å². The highest BCUT2D eigenvalue weighted by atomic mass is 35.5. The summed E-state index contributed by atoms with van der Waals surface area (Å²) < 4.78 is 30.7. The second-order valence-corrected chi connectivity index (χ2v) is 11.9. The SMILES string of the molecule is CNC(=O)c1ccc(C2CN(c3c#[n+]n(-c4cccc(Cl)c4)c(=O)c3OCC3(C)CC3)CC[NH2+]2)c(CS(=O)[O-])c1. The van der Waals surface area contributed by atoms with Crippen molar-refractivity contribution in [3.8, 4) is 11.4 Å². The largest absolute Gasteiger partial charge is 0.772 e. The van der Waals surface area contributed by atoms with Crippen LogP contribution in [0.15, 0.2) is 47.3 Å². The highest BCUT2D eigenvalue weighted by Crippen LogP contribution is 2.45. The number of halogens is 1. The van der Waals surface area contributed by atoms with E-state index in [1.165, 1.54) is 11.7 Å². The van der Waals surface area contributed by atoms with Gasteiger partial charge in [-0.1, -0.05) is 41.7 Å². The van der Waals surface area contributed by atoms with Crippen molar-refractivity contribution in [1.82, 2.24) is 10.00 Å². The first-order valence-electron chi connectivity index (χ1n) is 13.1. The molecule has 1 saturated heterocycles. The molecule has 1 aliphatic carbocycles. The zero-order valence-corrected chi connectivity index (χ0v) is 23.9. The summed E-state index contributed by atoms with van der Waals surface area (Å²) in [4.78, 5) is 27.9. The molecule has 40 heavy (non-hydrogen) atoms. The molecule has 10 nitrogen and oxygen atoms in total. The number of carbonyl (C=O) groups is 1. The van der Waals surface area contributed by atoms with E-state index < -0.39 is 16.6 Å². The van der Waals surface area contributed by atoms with Crippen LogP contribution in [0.25, 0.3) is 5.69 Å². The van der Waals surface area contributed by atoms with Gasteiger partial charge in [0.05, 0.1) is 26.2 Å². The molecule has 5 rings (SSSR count). The number of amides is 1. The molecule has 12 heteroatoms. The molecule has 1 amide bonds. The third-order valence-corrected chi connectivity index (χ3v) is 8.25. The van der Waals surface area contributed by atoms with Crippen LogP contribution in [-0.2, 0) is 16.8 Å². The number of benzene rings is 2. The van der Waals surface area contributed by atoms with Gasteiger partial charge in [0.1, 0.15) is 16.8 Å². The Morgan fingerprint density at radius 2 is 2.12 bits per heavy atom. The molecule has 0 radical (unpaired) electrons. The zero-order valence-electron chi connectivity index (χ0n) is 22.3. The Hall–Kier alpha value is -3.43. The minimum Gasteiger partial charge on any atom is -0.772 e. The molecule has 3 aromatic rings. The fourth-order valence-electron chi connectivity index (χ4n) is 4.89. The van der Waals surface area contributed by atoms with Gasteiger partial charge in [-0.05, 0) is 48.7 Å². The predicted octanol–water partition coefficient (Wildman–Crippen LogP) is 0.933. The predicted molar refractivity (Wildman–Crippen MR) is 149 cm³/mol. The molecule has 2 aliphatic rings. The van der Waals surface area contributed by atoms with Crippen molar-refractivity contribution in [2.45, 2.75) is 31.6 Å². The van der Waals surface area contributed by atoms with Gasteiger partial charge in [0.15, 0.2) is 0 Å². The fraction of sp³-hybridized carbons (Fsp3) is 0.393. The van der Waals surface area contributed by atoms with Crippen molar-refractivity contribution in [1.29, 1.82) is 0 Å². The van der Waals surface area contributed by atoms with Crippen molar-refractivity contribution in [3.05, 3.63) is 80.7 Å². The van der Waals surface area contributed by atoms with Gasteiger partial charge in [-0.15, -0.1) is 0 Å². The van der Waals surface area contributed by atoms with Crippen LogP contribution in [0.5, 0.6) is 5.75 Å². The van der Waals surface area contributed by atoms with E-state index in [0.29, 0.717) is 53.8 Å². The molecule has 1 saturated carbocycles. The van der Waals surface area contributed by atoms with Crippen LogP contribution in [-0.4, -0.2) is 52.6 Å². The number of nitrogens with zero attached hydrogens (tertiary/aromatic N) is 3. The fourth-order valence-corrected chi connectivity index (χ4v) is 5.58. The van der Waals surface area contributed by atoms with Gasteiger partial charge in [0.25, 0.3) is 5.91 Å². The molecular weight excluding hydrogens is 554 g/mol. The topological polar surface area (TPSA) is 134 Å². The van der Waals surface area contributed by atoms with E-state index in [0.717, 1.165) is 18.4 Å². The number of rotatable bonds is 9. The normalized spacial score (nSPS) is 18.5. The summed E-state index contributed by atoms with van der Waals surface area (Å²) in [7, 11) is 1.53. The number of carbonyl (C=O) groups excluding carboxylic acids is 1. The Kier molecular flexibility index (Phi) is 8.14. The molecule has 2 unspecified atom stereocenters. The van der Waals surface area contributed by atoms with Crippen molar-refractivity contribution >= 4 is 34.3 Å². The van der Waals surface area contributed by atoms with Crippen LogP contribution in [0.3, 0.4) is 0 Å². The van der Waals surface area contributed by atoms with Crippen molar-refractivity contribution in [3.63, 3.8) is 0 Å². The van der Waals surface area contributed by atoms with Gasteiger partial charge in [-0.25, -0.2) is 0 Å². The lowest BCUT2D eigenvalue weighted by Crippen LogP contribution is -2.90. The van der Waals surface area contributed by atoms with Crippen molar-refractivity contribution < 1.29 is 28.7 Å². The number of nitrogens with two attached hydrogens (primary N) is 1. The molecule has 0 spiro atoms. The van der Waals surface area contributed by atoms with Gasteiger partial charge >= 0.3 is 11.8 Å². The van der Waals surface area contributed by atoms with Crippen molar-refractivity contribution in [2.75, 3.05) is 38.2 Å². The van der Waals surface area contributed by atoms with Crippen LogP contribution in [0.1, 0.15) is 47.3 Å². The summed E-state index contributed by atoms with van der Waals surface area (Å²) in [6.45, 7) is 4.30. The average Bonchev–Trinajstić information content (AvgIpc) is 3.68. The number of hydrogen-bond acceptors (Lipinski definition) is 6. The zero-order chi connectivity index (χ0) is 28.4. The minimum atomic E-state index is -2.33. The van der Waals surface area contributed by atoms with E-state index in [9.17, 15) is 18.4 Å². The van der Waals surface area contributed by atoms with Gasteiger partial charge < -0.3 is 24.8 Å². The smallest absolute Gasteiger partial charge is 0.380 e. The second-order valence-electron chi connectivity index (χ2n) is 10.6. The Labute approximate surface area is 240 Å². The maximum atomic E-state index is 13.7. The molecule has 2 aromatic carbocycles. The van der Waals surface area contributed by atoms with E-state index in [-0.39, 0.29) is 28.9 Å². The Balaban J connectivity index is 1.49. The lowest BCUT2D eigenvalue weighted by atomic mass is 9.96.